The van der Waals surface area contributed by atoms with Crippen molar-refractivity contribution in [2.24, 2.45) is 0 Å². The molecule has 3 heterocycles. The molecule has 0 unspecified atom stereocenters. The minimum absolute atomic E-state index is 1.06. The number of nitrogens with zero attached hydrogens (tertiary/aromatic N) is 2. The van der Waals surface area contributed by atoms with Gasteiger partial charge < -0.3 is 0 Å². The Morgan fingerprint density at radius 3 is 2.64 bits per heavy atom. The van der Waals surface area contributed by atoms with Gasteiger partial charge in [-0.3, -0.25) is 4.40 Å². The molecule has 0 amide bonds. The number of rotatable bonds is 0. The molecule has 0 fully saturated rings. The van der Waals surface area contributed by atoms with E-state index in [0.717, 1.165) is 11.2 Å². The van der Waals surface area contributed by atoms with Gasteiger partial charge >= 0.3 is 0 Å². The average Bonchev–Trinajstić information content (AvgIpc) is 3.13. The summed E-state index contributed by atoms with van der Waals surface area (Å²) >= 11 is 1.77. The van der Waals surface area contributed by atoms with Crippen LogP contribution in [0.15, 0.2) is 47.8 Å². The standard InChI is InChI=1S/C19H14N2S/c1-11-9-14-13-7-8-22-18(13)19-20-15-5-3-4-6-16(15)21(19)17(14)10-12(11)2/h3-10H,1-2H3. The predicted molar refractivity (Wildman–Crippen MR) is 95.1 cm³/mol. The first-order chi connectivity index (χ1) is 10.7. The molecule has 2 aromatic carbocycles. The molecule has 0 aliphatic heterocycles. The van der Waals surface area contributed by atoms with Crippen LogP contribution in [0.4, 0.5) is 0 Å². The van der Waals surface area contributed by atoms with Crippen LogP contribution in [0.2, 0.25) is 0 Å². The molecule has 5 aromatic rings. The van der Waals surface area contributed by atoms with Gasteiger partial charge in [-0.1, -0.05) is 12.1 Å². The van der Waals surface area contributed by atoms with E-state index in [1.165, 1.54) is 37.6 Å². The van der Waals surface area contributed by atoms with Crippen molar-refractivity contribution in [3.05, 3.63) is 59.0 Å². The molecule has 0 atom stereocenters. The third-order valence-corrected chi connectivity index (χ3v) is 5.48. The van der Waals surface area contributed by atoms with E-state index in [-0.39, 0.29) is 0 Å². The maximum atomic E-state index is 4.89. The number of hydrogen-bond acceptors (Lipinski definition) is 2. The Balaban J connectivity index is 2.22. The first-order valence-corrected chi connectivity index (χ1v) is 8.29. The van der Waals surface area contributed by atoms with Gasteiger partial charge in [0.25, 0.3) is 0 Å². The SMILES string of the molecule is Cc1cc2c3ccsc3c3nc4ccccc4n3c2cc1C. The lowest BCUT2D eigenvalue weighted by Gasteiger charge is -2.09. The second-order valence-electron chi connectivity index (χ2n) is 5.88. The Kier molecular flexibility index (Phi) is 2.26. The van der Waals surface area contributed by atoms with Gasteiger partial charge in [0.1, 0.15) is 0 Å². The normalized spacial score (nSPS) is 12.1. The summed E-state index contributed by atoms with van der Waals surface area (Å²) in [6.45, 7) is 4.36. The van der Waals surface area contributed by atoms with Crippen LogP contribution in [0.5, 0.6) is 0 Å². The van der Waals surface area contributed by atoms with E-state index < -0.39 is 0 Å². The molecule has 0 radical (unpaired) electrons. The average molecular weight is 302 g/mol. The number of imidazole rings is 1. The summed E-state index contributed by atoms with van der Waals surface area (Å²) in [5.41, 5.74) is 7.22. The molecule has 0 spiro atoms. The molecular weight excluding hydrogens is 288 g/mol. The van der Waals surface area contributed by atoms with Gasteiger partial charge in [-0.05, 0) is 60.7 Å². The Labute approximate surface area is 131 Å². The second kappa shape index (κ2) is 4.08. The van der Waals surface area contributed by atoms with Crippen LogP contribution in [-0.4, -0.2) is 9.38 Å². The topological polar surface area (TPSA) is 17.3 Å². The minimum Gasteiger partial charge on any atom is -0.291 e. The molecule has 3 aromatic heterocycles. The van der Waals surface area contributed by atoms with Crippen molar-refractivity contribution in [2.75, 3.05) is 0 Å². The summed E-state index contributed by atoms with van der Waals surface area (Å²) in [6, 6.07) is 15.2. The van der Waals surface area contributed by atoms with Gasteiger partial charge in [0.05, 0.1) is 21.3 Å². The van der Waals surface area contributed by atoms with Crippen LogP contribution in [0.1, 0.15) is 11.1 Å². The van der Waals surface area contributed by atoms with Crippen molar-refractivity contribution in [3.63, 3.8) is 0 Å². The number of aryl methyl sites for hydroxylation is 2. The first kappa shape index (κ1) is 12.2. The molecule has 22 heavy (non-hydrogen) atoms. The number of thiophene rings is 1. The fourth-order valence-corrected chi connectivity index (χ4v) is 4.21. The number of aromatic nitrogens is 2. The fourth-order valence-electron chi connectivity index (χ4n) is 3.32. The van der Waals surface area contributed by atoms with Crippen LogP contribution in [0, 0.1) is 13.8 Å². The molecule has 106 valence electrons. The maximum absolute atomic E-state index is 4.89. The Hall–Kier alpha value is -2.39. The van der Waals surface area contributed by atoms with E-state index in [1.54, 1.807) is 11.3 Å². The number of benzene rings is 2. The lowest BCUT2D eigenvalue weighted by molar-refractivity contribution is 1.29. The third kappa shape index (κ3) is 1.41. The Morgan fingerprint density at radius 1 is 0.909 bits per heavy atom. The van der Waals surface area contributed by atoms with Crippen LogP contribution in [0.3, 0.4) is 0 Å². The summed E-state index contributed by atoms with van der Waals surface area (Å²) in [5.74, 6) is 0. The number of pyridine rings is 1. The number of fused-ring (bicyclic) bond motifs is 8. The molecule has 0 saturated heterocycles. The van der Waals surface area contributed by atoms with E-state index in [0.29, 0.717) is 0 Å². The Morgan fingerprint density at radius 2 is 1.73 bits per heavy atom. The molecule has 0 aliphatic rings. The van der Waals surface area contributed by atoms with Gasteiger partial charge in [0, 0.05) is 10.8 Å². The molecular formula is C19H14N2S. The van der Waals surface area contributed by atoms with Crippen molar-refractivity contribution < 1.29 is 0 Å². The van der Waals surface area contributed by atoms with E-state index >= 15 is 0 Å². The molecule has 3 heteroatoms. The maximum Gasteiger partial charge on any atom is 0.156 e. The van der Waals surface area contributed by atoms with E-state index in [2.05, 4.69) is 66.1 Å². The molecule has 0 aliphatic carbocycles. The number of hydrogen-bond donors (Lipinski definition) is 0. The summed E-state index contributed by atoms with van der Waals surface area (Å²) in [4.78, 5) is 4.89. The number of para-hydroxylation sites is 2. The summed E-state index contributed by atoms with van der Waals surface area (Å²) in [7, 11) is 0. The van der Waals surface area contributed by atoms with Gasteiger partial charge in [-0.2, -0.15) is 0 Å². The van der Waals surface area contributed by atoms with Crippen molar-refractivity contribution >= 4 is 49.0 Å². The smallest absolute Gasteiger partial charge is 0.156 e. The van der Waals surface area contributed by atoms with E-state index in [9.17, 15) is 0 Å². The van der Waals surface area contributed by atoms with Crippen LogP contribution < -0.4 is 0 Å². The van der Waals surface area contributed by atoms with Crippen molar-refractivity contribution in [2.45, 2.75) is 13.8 Å². The fraction of sp³-hybridized carbons (Fsp3) is 0.105. The highest BCUT2D eigenvalue weighted by molar-refractivity contribution is 7.18. The first-order valence-electron chi connectivity index (χ1n) is 7.41. The quantitative estimate of drug-likeness (QED) is 0.370. The highest BCUT2D eigenvalue weighted by Crippen LogP contribution is 2.36. The zero-order chi connectivity index (χ0) is 14.8. The molecule has 0 bridgehead atoms. The Bertz CT molecular complexity index is 1190. The van der Waals surface area contributed by atoms with Gasteiger partial charge in [-0.15, -0.1) is 11.3 Å². The predicted octanol–water partition coefficient (Wildman–Crippen LogP) is 5.47. The van der Waals surface area contributed by atoms with Gasteiger partial charge in [0.2, 0.25) is 0 Å². The van der Waals surface area contributed by atoms with Crippen LogP contribution >= 0.6 is 11.3 Å². The van der Waals surface area contributed by atoms with E-state index in [1.807, 2.05) is 0 Å². The zero-order valence-electron chi connectivity index (χ0n) is 12.4. The molecule has 0 saturated carbocycles. The largest absolute Gasteiger partial charge is 0.291 e. The zero-order valence-corrected chi connectivity index (χ0v) is 13.2. The second-order valence-corrected chi connectivity index (χ2v) is 6.79. The lowest BCUT2D eigenvalue weighted by Crippen LogP contribution is -1.92. The third-order valence-electron chi connectivity index (χ3n) is 4.57. The monoisotopic (exact) mass is 302 g/mol. The summed E-state index contributed by atoms with van der Waals surface area (Å²) in [5, 5.41) is 4.79. The molecule has 0 N–H and O–H groups in total. The van der Waals surface area contributed by atoms with Crippen LogP contribution in [-0.2, 0) is 0 Å². The van der Waals surface area contributed by atoms with Gasteiger partial charge in [-0.25, -0.2) is 4.98 Å². The van der Waals surface area contributed by atoms with Gasteiger partial charge in [0.15, 0.2) is 5.65 Å². The highest BCUT2D eigenvalue weighted by atomic mass is 32.1. The highest BCUT2D eigenvalue weighted by Gasteiger charge is 2.14. The molecule has 2 nitrogen and oxygen atoms in total. The minimum atomic E-state index is 1.06. The molecule has 5 rings (SSSR count). The van der Waals surface area contributed by atoms with Crippen molar-refractivity contribution in [3.8, 4) is 0 Å². The van der Waals surface area contributed by atoms with Crippen LogP contribution in [0.25, 0.3) is 37.7 Å². The van der Waals surface area contributed by atoms with E-state index in [4.69, 9.17) is 4.98 Å². The van der Waals surface area contributed by atoms with Crippen molar-refractivity contribution in [1.29, 1.82) is 0 Å². The summed E-state index contributed by atoms with van der Waals surface area (Å²) < 4.78 is 3.59. The lowest BCUT2D eigenvalue weighted by atomic mass is 10.0. The van der Waals surface area contributed by atoms with Crippen molar-refractivity contribution in [1.82, 2.24) is 9.38 Å². The summed E-state index contributed by atoms with van der Waals surface area (Å²) in [6.07, 6.45) is 0.